The molecule has 1 N–H and O–H groups in total. The summed E-state index contributed by atoms with van der Waals surface area (Å²) in [6.07, 6.45) is 4.21. The first kappa shape index (κ1) is 12.3. The van der Waals surface area contributed by atoms with Crippen molar-refractivity contribution in [1.29, 1.82) is 0 Å². The summed E-state index contributed by atoms with van der Waals surface area (Å²) in [5.74, 6) is 0. The van der Waals surface area contributed by atoms with E-state index in [-0.39, 0.29) is 0 Å². The van der Waals surface area contributed by atoms with Gasteiger partial charge < -0.3 is 9.72 Å². The molecule has 5 heteroatoms. The molecule has 2 aromatic heterocycles. The normalized spacial score (nSPS) is 22.2. The van der Waals surface area contributed by atoms with E-state index in [2.05, 4.69) is 43.0 Å². The number of hydrogen-bond donors (Lipinski definition) is 1. The minimum absolute atomic E-state index is 0.785. The van der Waals surface area contributed by atoms with Crippen LogP contribution in [-0.4, -0.2) is 64.5 Å². The maximum Gasteiger partial charge on any atom is 0.137 e. The van der Waals surface area contributed by atoms with Crippen LogP contribution in [-0.2, 0) is 6.54 Å². The fraction of sp³-hybridized carbons (Fsp3) is 0.533. The van der Waals surface area contributed by atoms with E-state index in [4.69, 9.17) is 0 Å². The maximum absolute atomic E-state index is 4.69. The summed E-state index contributed by atoms with van der Waals surface area (Å²) in [5.41, 5.74) is 2.22. The van der Waals surface area contributed by atoms with Crippen LogP contribution >= 0.6 is 0 Å². The molecule has 0 aliphatic carbocycles. The van der Waals surface area contributed by atoms with Crippen molar-refractivity contribution in [3.8, 4) is 0 Å². The Morgan fingerprint density at radius 3 is 2.70 bits per heavy atom. The molecule has 0 amide bonds. The predicted octanol–water partition coefficient (Wildman–Crippen LogP) is 0.424. The molecule has 2 saturated heterocycles. The average molecular weight is 271 g/mol. The molecule has 0 radical (unpaired) electrons. The molecule has 2 fully saturated rings. The number of fused-ring (bicyclic) bond motifs is 1. The lowest BCUT2D eigenvalue weighted by Gasteiger charge is -2.43. The molecular weight excluding hydrogens is 250 g/mol. The second-order valence-electron chi connectivity index (χ2n) is 5.82. The molecule has 0 aromatic carbocycles. The van der Waals surface area contributed by atoms with Gasteiger partial charge in [0.1, 0.15) is 5.65 Å². The third-order valence-corrected chi connectivity index (χ3v) is 4.48. The molecule has 0 unspecified atom stereocenters. The van der Waals surface area contributed by atoms with Crippen LogP contribution in [0.15, 0.2) is 30.6 Å². The highest BCUT2D eigenvalue weighted by Crippen LogP contribution is 2.13. The number of piperazine rings is 1. The van der Waals surface area contributed by atoms with Crippen molar-refractivity contribution in [2.75, 3.05) is 39.3 Å². The lowest BCUT2D eigenvalue weighted by molar-refractivity contribution is 0.0691. The summed E-state index contributed by atoms with van der Waals surface area (Å²) in [5, 5.41) is 3.36. The number of nitrogens with zero attached hydrogens (tertiary/aromatic N) is 4. The van der Waals surface area contributed by atoms with Crippen molar-refractivity contribution in [3.05, 3.63) is 36.3 Å². The first-order chi connectivity index (χ1) is 9.88. The Morgan fingerprint density at radius 2 is 2.00 bits per heavy atom. The van der Waals surface area contributed by atoms with Gasteiger partial charge in [-0.15, -0.1) is 0 Å². The van der Waals surface area contributed by atoms with Gasteiger partial charge in [-0.25, -0.2) is 4.98 Å². The molecule has 2 aliphatic heterocycles. The molecule has 5 nitrogen and oxygen atoms in total. The van der Waals surface area contributed by atoms with E-state index in [1.54, 1.807) is 0 Å². The highest BCUT2D eigenvalue weighted by Gasteiger charge is 2.27. The fourth-order valence-corrected chi connectivity index (χ4v) is 3.11. The second-order valence-corrected chi connectivity index (χ2v) is 5.82. The van der Waals surface area contributed by atoms with E-state index < -0.39 is 0 Å². The van der Waals surface area contributed by atoms with E-state index >= 15 is 0 Å². The van der Waals surface area contributed by atoms with Gasteiger partial charge in [0.2, 0.25) is 0 Å². The molecule has 106 valence electrons. The van der Waals surface area contributed by atoms with E-state index in [0.717, 1.165) is 31.3 Å². The minimum Gasteiger partial charge on any atom is -0.314 e. The van der Waals surface area contributed by atoms with Gasteiger partial charge in [-0.1, -0.05) is 6.07 Å². The lowest BCUT2D eigenvalue weighted by atomic mass is 10.1. The highest BCUT2D eigenvalue weighted by atomic mass is 15.3. The first-order valence-electron chi connectivity index (χ1n) is 7.48. The average Bonchev–Trinajstić information content (AvgIpc) is 2.81. The smallest absolute Gasteiger partial charge is 0.137 e. The van der Waals surface area contributed by atoms with Gasteiger partial charge in [0.05, 0.1) is 5.69 Å². The largest absolute Gasteiger partial charge is 0.314 e. The Kier molecular flexibility index (Phi) is 3.18. The number of nitrogens with one attached hydrogen (secondary N) is 1. The Balaban J connectivity index is 1.37. The Morgan fingerprint density at radius 1 is 1.15 bits per heavy atom. The first-order valence-corrected chi connectivity index (χ1v) is 7.48. The lowest BCUT2D eigenvalue weighted by Crippen LogP contribution is -2.61. The summed E-state index contributed by atoms with van der Waals surface area (Å²) in [6.45, 7) is 8.02. The molecule has 4 heterocycles. The van der Waals surface area contributed by atoms with Crippen molar-refractivity contribution in [2.24, 2.45) is 0 Å². The van der Waals surface area contributed by atoms with E-state index in [1.807, 2.05) is 12.1 Å². The molecule has 0 spiro atoms. The molecule has 0 bridgehead atoms. The minimum atomic E-state index is 0.785. The van der Waals surface area contributed by atoms with Crippen LogP contribution in [0, 0.1) is 0 Å². The van der Waals surface area contributed by atoms with Crippen molar-refractivity contribution >= 4 is 5.65 Å². The van der Waals surface area contributed by atoms with E-state index in [0.29, 0.717) is 0 Å². The van der Waals surface area contributed by atoms with Gasteiger partial charge in [0.25, 0.3) is 0 Å². The van der Waals surface area contributed by atoms with E-state index in [1.165, 1.54) is 31.9 Å². The molecule has 0 saturated carbocycles. The zero-order chi connectivity index (χ0) is 13.4. The van der Waals surface area contributed by atoms with Gasteiger partial charge in [0, 0.05) is 64.2 Å². The molecule has 2 aliphatic rings. The second kappa shape index (κ2) is 5.16. The molecule has 2 aromatic rings. The predicted molar refractivity (Wildman–Crippen MR) is 78.7 cm³/mol. The van der Waals surface area contributed by atoms with Crippen LogP contribution in [0.4, 0.5) is 0 Å². The van der Waals surface area contributed by atoms with Crippen LogP contribution < -0.4 is 5.32 Å². The van der Waals surface area contributed by atoms with Crippen molar-refractivity contribution in [3.63, 3.8) is 0 Å². The Bertz CT molecular complexity index is 548. The van der Waals surface area contributed by atoms with Crippen LogP contribution in [0.5, 0.6) is 0 Å². The van der Waals surface area contributed by atoms with Crippen LogP contribution in [0.2, 0.25) is 0 Å². The number of aromatic nitrogens is 2. The third-order valence-electron chi connectivity index (χ3n) is 4.48. The number of hydrogen-bond acceptors (Lipinski definition) is 4. The summed E-state index contributed by atoms with van der Waals surface area (Å²) in [7, 11) is 0. The number of pyridine rings is 1. The Hall–Kier alpha value is -1.43. The summed E-state index contributed by atoms with van der Waals surface area (Å²) >= 11 is 0. The highest BCUT2D eigenvalue weighted by molar-refractivity contribution is 5.39. The van der Waals surface area contributed by atoms with Crippen molar-refractivity contribution in [1.82, 2.24) is 24.5 Å². The van der Waals surface area contributed by atoms with Gasteiger partial charge in [-0.3, -0.25) is 9.80 Å². The molecule has 0 atom stereocenters. The Labute approximate surface area is 119 Å². The van der Waals surface area contributed by atoms with E-state index in [9.17, 15) is 0 Å². The SMILES string of the molecule is c1ccn2cc(CN3CCN(C4CNC4)CC3)nc2c1. The molecular formula is C15H21N5. The van der Waals surface area contributed by atoms with Gasteiger partial charge in [-0.05, 0) is 12.1 Å². The van der Waals surface area contributed by atoms with Crippen LogP contribution in [0.1, 0.15) is 5.69 Å². The quantitative estimate of drug-likeness (QED) is 0.878. The molecule has 4 rings (SSSR count). The van der Waals surface area contributed by atoms with Gasteiger partial charge in [-0.2, -0.15) is 0 Å². The van der Waals surface area contributed by atoms with Crippen molar-refractivity contribution < 1.29 is 0 Å². The summed E-state index contributed by atoms with van der Waals surface area (Å²) in [6, 6.07) is 6.93. The molecule has 20 heavy (non-hydrogen) atoms. The summed E-state index contributed by atoms with van der Waals surface area (Å²) in [4.78, 5) is 9.83. The van der Waals surface area contributed by atoms with Crippen LogP contribution in [0.25, 0.3) is 5.65 Å². The standard InChI is InChI=1S/C15H21N5/c1-2-4-20-12-13(17-15(20)3-1)11-18-5-7-19(8-6-18)14-9-16-10-14/h1-4,12,14,16H,5-11H2. The topological polar surface area (TPSA) is 35.8 Å². The van der Waals surface area contributed by atoms with Crippen molar-refractivity contribution in [2.45, 2.75) is 12.6 Å². The van der Waals surface area contributed by atoms with Gasteiger partial charge in [0.15, 0.2) is 0 Å². The van der Waals surface area contributed by atoms with Gasteiger partial charge >= 0.3 is 0 Å². The zero-order valence-electron chi connectivity index (χ0n) is 11.7. The fourth-order valence-electron chi connectivity index (χ4n) is 3.11. The summed E-state index contributed by atoms with van der Waals surface area (Å²) < 4.78 is 2.10. The van der Waals surface area contributed by atoms with Crippen LogP contribution in [0.3, 0.4) is 0 Å². The third kappa shape index (κ3) is 2.32. The number of rotatable bonds is 3. The number of imidazole rings is 1. The maximum atomic E-state index is 4.69. The monoisotopic (exact) mass is 271 g/mol. The zero-order valence-corrected chi connectivity index (χ0v) is 11.7.